The van der Waals surface area contributed by atoms with E-state index in [4.69, 9.17) is 5.26 Å². The molecule has 22 heavy (non-hydrogen) atoms. The Bertz CT molecular complexity index is 713. The number of hydrogen-bond acceptors (Lipinski definition) is 4. The van der Waals surface area contributed by atoms with Gasteiger partial charge in [0.1, 0.15) is 5.60 Å². The van der Waals surface area contributed by atoms with E-state index < -0.39 is 5.60 Å². The molecule has 0 spiro atoms. The standard InChI is InChI=1S/C17H16N2O2S/c1-17(21,15-6-3-9-22-15)12-19-16(20)8-7-13-4-2-5-14(10-13)11-18/h2-10,21H,12H2,1H3,(H,19,20)/b8-7-/t17-/m1/s1. The molecule has 1 aromatic carbocycles. The van der Waals surface area contributed by atoms with Crippen molar-refractivity contribution in [3.63, 3.8) is 0 Å². The summed E-state index contributed by atoms with van der Waals surface area (Å²) in [5.41, 5.74) is 0.237. The van der Waals surface area contributed by atoms with E-state index in [1.807, 2.05) is 29.6 Å². The number of carbonyl (C=O) groups is 1. The summed E-state index contributed by atoms with van der Waals surface area (Å²) in [5, 5.41) is 23.7. The SMILES string of the molecule is C[C@@](O)(CNC(=O)/C=C\c1cccc(C#N)c1)c1cccs1. The molecule has 1 heterocycles. The molecule has 4 nitrogen and oxygen atoms in total. The molecule has 2 N–H and O–H groups in total. The topological polar surface area (TPSA) is 73.1 Å². The molecule has 0 aliphatic heterocycles. The van der Waals surface area contributed by atoms with Crippen molar-refractivity contribution in [3.8, 4) is 6.07 Å². The molecule has 0 unspecified atom stereocenters. The molecule has 2 aromatic rings. The summed E-state index contributed by atoms with van der Waals surface area (Å²) >= 11 is 1.45. The number of nitrogens with zero attached hydrogens (tertiary/aromatic N) is 1. The van der Waals surface area contributed by atoms with Crippen LogP contribution >= 0.6 is 11.3 Å². The molecule has 0 fully saturated rings. The van der Waals surface area contributed by atoms with Crippen LogP contribution in [0.3, 0.4) is 0 Å². The molecule has 0 saturated heterocycles. The zero-order valence-electron chi connectivity index (χ0n) is 12.1. The maximum atomic E-state index is 11.8. The van der Waals surface area contributed by atoms with Gasteiger partial charge < -0.3 is 10.4 Å². The molecule has 0 radical (unpaired) electrons. The van der Waals surface area contributed by atoms with Gasteiger partial charge >= 0.3 is 0 Å². The maximum Gasteiger partial charge on any atom is 0.244 e. The van der Waals surface area contributed by atoms with E-state index in [1.54, 1.807) is 31.2 Å². The van der Waals surface area contributed by atoms with Gasteiger partial charge in [-0.2, -0.15) is 5.26 Å². The summed E-state index contributed by atoms with van der Waals surface area (Å²) in [6.07, 6.45) is 3.02. The first-order valence-corrected chi connectivity index (χ1v) is 7.62. The van der Waals surface area contributed by atoms with Gasteiger partial charge in [0, 0.05) is 11.0 Å². The summed E-state index contributed by atoms with van der Waals surface area (Å²) in [7, 11) is 0. The molecule has 1 atom stereocenters. The smallest absolute Gasteiger partial charge is 0.244 e. The predicted octanol–water partition coefficient (Wildman–Crippen LogP) is 2.66. The van der Waals surface area contributed by atoms with Gasteiger partial charge in [-0.05, 0) is 42.1 Å². The van der Waals surface area contributed by atoms with Gasteiger partial charge in [-0.1, -0.05) is 18.2 Å². The third kappa shape index (κ3) is 4.29. The highest BCUT2D eigenvalue weighted by Gasteiger charge is 2.24. The number of thiophene rings is 1. The van der Waals surface area contributed by atoms with Crippen LogP contribution in [0.2, 0.25) is 0 Å². The molecular formula is C17H16N2O2S. The van der Waals surface area contributed by atoms with Gasteiger partial charge in [0.15, 0.2) is 0 Å². The normalized spacial score (nSPS) is 13.5. The molecule has 1 aromatic heterocycles. The Labute approximate surface area is 133 Å². The van der Waals surface area contributed by atoms with Crippen molar-refractivity contribution >= 4 is 23.3 Å². The molecule has 112 valence electrons. The third-order valence-electron chi connectivity index (χ3n) is 3.10. The predicted molar refractivity (Wildman–Crippen MR) is 87.1 cm³/mol. The fourth-order valence-electron chi connectivity index (χ4n) is 1.87. The van der Waals surface area contributed by atoms with Crippen LogP contribution in [0.1, 0.15) is 22.9 Å². The van der Waals surface area contributed by atoms with Crippen LogP contribution in [0.4, 0.5) is 0 Å². The number of nitrogens with one attached hydrogen (secondary N) is 1. The van der Waals surface area contributed by atoms with Crippen LogP contribution in [0, 0.1) is 11.3 Å². The number of rotatable bonds is 5. The Kier molecular flexibility index (Phi) is 5.10. The highest BCUT2D eigenvalue weighted by atomic mass is 32.1. The molecule has 1 amide bonds. The highest BCUT2D eigenvalue weighted by Crippen LogP contribution is 2.24. The van der Waals surface area contributed by atoms with Crippen LogP contribution in [0.15, 0.2) is 47.9 Å². The van der Waals surface area contributed by atoms with Crippen molar-refractivity contribution in [1.82, 2.24) is 5.32 Å². The third-order valence-corrected chi connectivity index (χ3v) is 4.22. The number of carbonyl (C=O) groups excluding carboxylic acids is 1. The number of aliphatic hydroxyl groups is 1. The fourth-order valence-corrected chi connectivity index (χ4v) is 2.66. The van der Waals surface area contributed by atoms with Crippen molar-refractivity contribution in [2.75, 3.05) is 6.54 Å². The lowest BCUT2D eigenvalue weighted by atomic mass is 10.1. The summed E-state index contributed by atoms with van der Waals surface area (Å²) in [5.74, 6) is -0.292. The van der Waals surface area contributed by atoms with Crippen LogP contribution < -0.4 is 5.32 Å². The minimum absolute atomic E-state index is 0.134. The highest BCUT2D eigenvalue weighted by molar-refractivity contribution is 7.10. The molecule has 2 rings (SSSR count). The van der Waals surface area contributed by atoms with Crippen molar-refractivity contribution in [3.05, 3.63) is 63.9 Å². The van der Waals surface area contributed by atoms with Gasteiger partial charge in [-0.15, -0.1) is 11.3 Å². The Morgan fingerprint density at radius 1 is 1.45 bits per heavy atom. The molecule has 5 heteroatoms. The Morgan fingerprint density at radius 3 is 2.95 bits per heavy atom. The van der Waals surface area contributed by atoms with E-state index in [0.717, 1.165) is 10.4 Å². The maximum absolute atomic E-state index is 11.8. The van der Waals surface area contributed by atoms with E-state index in [0.29, 0.717) is 5.56 Å². The second kappa shape index (κ2) is 7.03. The van der Waals surface area contributed by atoms with Crippen LogP contribution in [-0.2, 0) is 10.4 Å². The lowest BCUT2D eigenvalue weighted by Gasteiger charge is -2.21. The van der Waals surface area contributed by atoms with E-state index in [2.05, 4.69) is 5.32 Å². The summed E-state index contributed by atoms with van der Waals surface area (Å²) in [6.45, 7) is 1.80. The van der Waals surface area contributed by atoms with Crippen LogP contribution in [0.5, 0.6) is 0 Å². The minimum atomic E-state index is -1.08. The van der Waals surface area contributed by atoms with Crippen molar-refractivity contribution in [1.29, 1.82) is 5.26 Å². The first-order chi connectivity index (χ1) is 10.5. The second-order valence-electron chi connectivity index (χ2n) is 5.04. The van der Waals surface area contributed by atoms with E-state index in [1.165, 1.54) is 17.4 Å². The van der Waals surface area contributed by atoms with Crippen molar-refractivity contribution in [2.24, 2.45) is 0 Å². The van der Waals surface area contributed by atoms with Crippen LogP contribution in [0.25, 0.3) is 6.08 Å². The molecule has 0 bridgehead atoms. The molecule has 0 aliphatic carbocycles. The van der Waals surface area contributed by atoms with Gasteiger partial charge in [-0.3, -0.25) is 4.79 Å². The zero-order chi connectivity index (χ0) is 16.0. The second-order valence-corrected chi connectivity index (χ2v) is 5.99. The Hall–Kier alpha value is -2.42. The summed E-state index contributed by atoms with van der Waals surface area (Å²) in [6, 6.07) is 12.7. The molecular weight excluding hydrogens is 296 g/mol. The average Bonchev–Trinajstić information content (AvgIpc) is 3.06. The Morgan fingerprint density at radius 2 is 2.27 bits per heavy atom. The molecule has 0 aliphatic rings. The Balaban J connectivity index is 1.93. The van der Waals surface area contributed by atoms with Gasteiger partial charge in [-0.25, -0.2) is 0 Å². The minimum Gasteiger partial charge on any atom is -0.383 e. The lowest BCUT2D eigenvalue weighted by Crippen LogP contribution is -2.37. The van der Waals surface area contributed by atoms with Crippen LogP contribution in [-0.4, -0.2) is 17.6 Å². The number of nitriles is 1. The first-order valence-electron chi connectivity index (χ1n) is 6.74. The van der Waals surface area contributed by atoms with Crippen molar-refractivity contribution < 1.29 is 9.90 Å². The fraction of sp³-hybridized carbons (Fsp3) is 0.176. The lowest BCUT2D eigenvalue weighted by molar-refractivity contribution is -0.117. The van der Waals surface area contributed by atoms with Crippen molar-refractivity contribution in [2.45, 2.75) is 12.5 Å². The number of amides is 1. The number of benzene rings is 1. The van der Waals surface area contributed by atoms with E-state index in [9.17, 15) is 9.90 Å². The summed E-state index contributed by atoms with van der Waals surface area (Å²) in [4.78, 5) is 12.6. The first kappa shape index (κ1) is 16.0. The van der Waals surface area contributed by atoms with Gasteiger partial charge in [0.05, 0.1) is 18.2 Å². The monoisotopic (exact) mass is 312 g/mol. The average molecular weight is 312 g/mol. The zero-order valence-corrected chi connectivity index (χ0v) is 12.9. The molecule has 0 saturated carbocycles. The quantitative estimate of drug-likeness (QED) is 0.834. The van der Waals surface area contributed by atoms with E-state index >= 15 is 0 Å². The summed E-state index contributed by atoms with van der Waals surface area (Å²) < 4.78 is 0. The van der Waals surface area contributed by atoms with Gasteiger partial charge in [0.2, 0.25) is 5.91 Å². The number of hydrogen-bond donors (Lipinski definition) is 2. The van der Waals surface area contributed by atoms with Gasteiger partial charge in [0.25, 0.3) is 0 Å². The largest absolute Gasteiger partial charge is 0.383 e. The van der Waals surface area contributed by atoms with E-state index in [-0.39, 0.29) is 12.5 Å².